The van der Waals surface area contributed by atoms with Crippen molar-refractivity contribution < 1.29 is 19.4 Å². The molecule has 2 aromatic carbocycles. The molecule has 148 valence electrons. The summed E-state index contributed by atoms with van der Waals surface area (Å²) in [6, 6.07) is 11.4. The van der Waals surface area contributed by atoms with Gasteiger partial charge in [-0.05, 0) is 56.2 Å². The lowest BCUT2D eigenvalue weighted by atomic mass is 9.91. The van der Waals surface area contributed by atoms with Crippen molar-refractivity contribution in [3.63, 3.8) is 0 Å². The number of carboxylic acid groups (broad SMARTS) is 1. The Morgan fingerprint density at radius 3 is 2.46 bits per heavy atom. The Labute approximate surface area is 177 Å². The summed E-state index contributed by atoms with van der Waals surface area (Å²) in [5, 5.41) is 10.1. The predicted octanol–water partition coefficient (Wildman–Crippen LogP) is 4.97. The molecule has 0 aromatic heterocycles. The molecule has 1 heterocycles. The van der Waals surface area contributed by atoms with Gasteiger partial charge >= 0.3 is 5.97 Å². The number of halogens is 2. The average molecular weight is 467 g/mol. The van der Waals surface area contributed by atoms with Crippen LogP contribution in [0.15, 0.2) is 46.9 Å². The lowest BCUT2D eigenvalue weighted by Crippen LogP contribution is -2.42. The highest BCUT2D eigenvalue weighted by Crippen LogP contribution is 2.36. The fraction of sp³-hybridized carbons (Fsp3) is 0.333. The van der Waals surface area contributed by atoms with Gasteiger partial charge in [0, 0.05) is 22.5 Å². The minimum atomic E-state index is -1.01. The standard InChI is InChI=1S/C21H21BrClNO4/c1-12(2)28-18-8-5-14(11-17(18)23)20(25)24-10-9-16(19(24)21(26)27)13-3-6-15(22)7-4-13/h3-8,11-12,16,19H,9-10H2,1-2H3,(H,26,27). The van der Waals surface area contributed by atoms with Gasteiger partial charge in [0.15, 0.2) is 0 Å². The van der Waals surface area contributed by atoms with Crippen molar-refractivity contribution in [3.05, 3.63) is 63.1 Å². The van der Waals surface area contributed by atoms with Crippen LogP contribution in [0.4, 0.5) is 0 Å². The Bertz CT molecular complexity index is 884. The fourth-order valence-corrected chi connectivity index (χ4v) is 4.02. The van der Waals surface area contributed by atoms with Crippen molar-refractivity contribution in [2.45, 2.75) is 38.3 Å². The average Bonchev–Trinajstić information content (AvgIpc) is 3.08. The number of carbonyl (C=O) groups is 2. The van der Waals surface area contributed by atoms with Gasteiger partial charge in [-0.3, -0.25) is 4.79 Å². The first-order chi connectivity index (χ1) is 13.3. The second kappa shape index (κ2) is 8.53. The lowest BCUT2D eigenvalue weighted by molar-refractivity contribution is -0.141. The van der Waals surface area contributed by atoms with Gasteiger partial charge in [-0.1, -0.05) is 39.7 Å². The number of aliphatic carboxylic acids is 1. The van der Waals surface area contributed by atoms with Crippen molar-refractivity contribution in [3.8, 4) is 5.75 Å². The Morgan fingerprint density at radius 1 is 1.21 bits per heavy atom. The van der Waals surface area contributed by atoms with Crippen molar-refractivity contribution in [1.29, 1.82) is 0 Å². The number of ether oxygens (including phenoxy) is 1. The first-order valence-corrected chi connectivity index (χ1v) is 10.2. The van der Waals surface area contributed by atoms with E-state index in [-0.39, 0.29) is 17.9 Å². The number of carbonyl (C=O) groups excluding carboxylic acids is 1. The van der Waals surface area contributed by atoms with Crippen molar-refractivity contribution in [1.82, 2.24) is 4.90 Å². The quantitative estimate of drug-likeness (QED) is 0.675. The van der Waals surface area contributed by atoms with E-state index in [0.717, 1.165) is 10.0 Å². The lowest BCUT2D eigenvalue weighted by Gasteiger charge is -2.25. The summed E-state index contributed by atoms with van der Waals surface area (Å²) in [4.78, 5) is 26.4. The molecular weight excluding hydrogens is 446 g/mol. The molecule has 0 radical (unpaired) electrons. The van der Waals surface area contributed by atoms with Crippen molar-refractivity contribution in [2.24, 2.45) is 0 Å². The third-order valence-electron chi connectivity index (χ3n) is 4.75. The SMILES string of the molecule is CC(C)Oc1ccc(C(=O)N2CCC(c3ccc(Br)cc3)C2C(=O)O)cc1Cl. The molecule has 0 aliphatic carbocycles. The Balaban J connectivity index is 1.86. The van der Waals surface area contributed by atoms with E-state index < -0.39 is 12.0 Å². The Kier molecular flexibility index (Phi) is 6.30. The van der Waals surface area contributed by atoms with Crippen LogP contribution in [0.2, 0.25) is 5.02 Å². The molecule has 3 rings (SSSR count). The molecule has 2 aromatic rings. The summed E-state index contributed by atoms with van der Waals surface area (Å²) in [6.45, 7) is 4.15. The molecule has 1 fully saturated rings. The van der Waals surface area contributed by atoms with Gasteiger partial charge < -0.3 is 14.7 Å². The Hall–Kier alpha value is -2.05. The highest BCUT2D eigenvalue weighted by atomic mass is 79.9. The second-order valence-corrected chi connectivity index (χ2v) is 8.36. The maximum Gasteiger partial charge on any atom is 0.327 e. The fourth-order valence-electron chi connectivity index (χ4n) is 3.53. The highest BCUT2D eigenvalue weighted by molar-refractivity contribution is 9.10. The minimum absolute atomic E-state index is 0.0410. The molecule has 1 amide bonds. The third kappa shape index (κ3) is 4.33. The zero-order valence-corrected chi connectivity index (χ0v) is 17.9. The number of nitrogens with zero attached hydrogens (tertiary/aromatic N) is 1. The van der Waals surface area contributed by atoms with Gasteiger partial charge in [-0.25, -0.2) is 4.79 Å². The zero-order valence-electron chi connectivity index (χ0n) is 15.6. The summed E-state index contributed by atoms with van der Waals surface area (Å²) < 4.78 is 6.52. The molecule has 1 N–H and O–H groups in total. The van der Waals surface area contributed by atoms with Crippen LogP contribution in [0.25, 0.3) is 0 Å². The molecule has 7 heteroatoms. The van der Waals surface area contributed by atoms with Crippen LogP contribution in [0.1, 0.15) is 42.1 Å². The number of hydrogen-bond donors (Lipinski definition) is 1. The molecule has 0 saturated carbocycles. The topological polar surface area (TPSA) is 66.8 Å². The van der Waals surface area contributed by atoms with Gasteiger partial charge in [0.05, 0.1) is 11.1 Å². The zero-order chi connectivity index (χ0) is 20.4. The van der Waals surface area contributed by atoms with E-state index in [0.29, 0.717) is 29.3 Å². The van der Waals surface area contributed by atoms with E-state index in [9.17, 15) is 14.7 Å². The second-order valence-electron chi connectivity index (χ2n) is 7.04. The van der Waals surface area contributed by atoms with Crippen molar-refractivity contribution >= 4 is 39.4 Å². The van der Waals surface area contributed by atoms with E-state index in [2.05, 4.69) is 15.9 Å². The third-order valence-corrected chi connectivity index (χ3v) is 5.58. The first-order valence-electron chi connectivity index (χ1n) is 9.03. The number of likely N-dealkylation sites (tertiary alicyclic amines) is 1. The molecule has 0 bridgehead atoms. The smallest absolute Gasteiger partial charge is 0.327 e. The maximum atomic E-state index is 13.0. The summed E-state index contributed by atoms with van der Waals surface area (Å²) in [7, 11) is 0. The van der Waals surface area contributed by atoms with Crippen LogP contribution in [0.3, 0.4) is 0 Å². The molecule has 1 aliphatic rings. The first kappa shape index (κ1) is 20.7. The molecule has 0 spiro atoms. The van der Waals surface area contributed by atoms with Crippen molar-refractivity contribution in [2.75, 3.05) is 6.54 Å². The van der Waals surface area contributed by atoms with Gasteiger partial charge in [0.1, 0.15) is 11.8 Å². The van der Waals surface area contributed by atoms with Crippen LogP contribution in [-0.2, 0) is 4.79 Å². The number of hydrogen-bond acceptors (Lipinski definition) is 3. The molecule has 28 heavy (non-hydrogen) atoms. The highest BCUT2D eigenvalue weighted by Gasteiger charge is 2.42. The molecular formula is C21H21BrClNO4. The normalized spacial score (nSPS) is 19.1. The maximum absolute atomic E-state index is 13.0. The van der Waals surface area contributed by atoms with Gasteiger partial charge in [-0.15, -0.1) is 0 Å². The van der Waals surface area contributed by atoms with Crippen LogP contribution < -0.4 is 4.74 Å². The molecule has 1 saturated heterocycles. The van der Waals surface area contributed by atoms with E-state index in [1.165, 1.54) is 11.0 Å². The van der Waals surface area contributed by atoms with E-state index in [1.54, 1.807) is 12.1 Å². The largest absolute Gasteiger partial charge is 0.489 e. The Morgan fingerprint density at radius 2 is 1.89 bits per heavy atom. The van der Waals surface area contributed by atoms with E-state index in [4.69, 9.17) is 16.3 Å². The van der Waals surface area contributed by atoms with Crippen LogP contribution in [0.5, 0.6) is 5.75 Å². The van der Waals surface area contributed by atoms with Gasteiger partial charge in [-0.2, -0.15) is 0 Å². The van der Waals surface area contributed by atoms with Crippen LogP contribution >= 0.6 is 27.5 Å². The van der Waals surface area contributed by atoms with Crippen LogP contribution in [0, 0.1) is 0 Å². The number of amides is 1. The summed E-state index contributed by atoms with van der Waals surface area (Å²) in [5.41, 5.74) is 1.26. The minimum Gasteiger partial charge on any atom is -0.489 e. The van der Waals surface area contributed by atoms with Gasteiger partial charge in [0.2, 0.25) is 0 Å². The number of benzene rings is 2. The monoisotopic (exact) mass is 465 g/mol. The summed E-state index contributed by atoms with van der Waals surface area (Å²) >= 11 is 9.63. The predicted molar refractivity (Wildman–Crippen MR) is 111 cm³/mol. The number of carboxylic acids is 1. The summed E-state index contributed by atoms with van der Waals surface area (Å²) in [6.07, 6.45) is 0.549. The molecule has 2 unspecified atom stereocenters. The molecule has 2 atom stereocenters. The van der Waals surface area contributed by atoms with Crippen LogP contribution in [-0.4, -0.2) is 40.6 Å². The van der Waals surface area contributed by atoms with E-state index in [1.807, 2.05) is 38.1 Å². The summed E-state index contributed by atoms with van der Waals surface area (Å²) in [5.74, 6) is -1.11. The van der Waals surface area contributed by atoms with Gasteiger partial charge in [0.25, 0.3) is 5.91 Å². The number of rotatable bonds is 5. The van der Waals surface area contributed by atoms with E-state index >= 15 is 0 Å². The molecule has 5 nitrogen and oxygen atoms in total. The molecule has 1 aliphatic heterocycles.